The molecular weight excluding hydrogens is 323 g/mol. The lowest BCUT2D eigenvalue weighted by Gasteiger charge is -2.22. The maximum atomic E-state index is 12.5. The lowest BCUT2D eigenvalue weighted by Crippen LogP contribution is -2.32. The molecule has 1 spiro atoms. The predicted molar refractivity (Wildman–Crippen MR) is 80.5 cm³/mol. The monoisotopic (exact) mass is 343 g/mol. The minimum Gasteiger partial charge on any atom is -0.492 e. The Balaban J connectivity index is 1.37. The SMILES string of the molecule is O=C(NCCOc1ccc(C(F)(F)F)cc1)C1CC12CCOCC2. The topological polar surface area (TPSA) is 47.6 Å². The van der Waals surface area contributed by atoms with Gasteiger partial charge in [-0.3, -0.25) is 4.79 Å². The van der Waals surface area contributed by atoms with Gasteiger partial charge >= 0.3 is 6.18 Å². The molecule has 1 unspecified atom stereocenters. The molecule has 0 bridgehead atoms. The number of ether oxygens (including phenoxy) is 2. The zero-order valence-corrected chi connectivity index (χ0v) is 13.2. The third-order valence-electron chi connectivity index (χ3n) is 4.85. The molecule has 1 aliphatic carbocycles. The van der Waals surface area contributed by atoms with Crippen molar-refractivity contribution in [3.05, 3.63) is 29.8 Å². The van der Waals surface area contributed by atoms with Crippen LogP contribution >= 0.6 is 0 Å². The standard InChI is InChI=1S/C17H20F3NO3/c18-17(19,20)12-1-3-13(4-2-12)24-10-7-21-15(22)14-11-16(14)5-8-23-9-6-16/h1-4,14H,5-11H2,(H,21,22). The molecule has 1 saturated carbocycles. The Bertz CT molecular complexity index is 580. The highest BCUT2D eigenvalue weighted by Gasteiger charge is 2.57. The Labute approximate surface area is 138 Å². The maximum absolute atomic E-state index is 12.5. The normalized spacial score (nSPS) is 22.2. The first-order valence-corrected chi connectivity index (χ1v) is 8.06. The van der Waals surface area contributed by atoms with Crippen molar-refractivity contribution >= 4 is 5.91 Å². The number of hydrogen-bond acceptors (Lipinski definition) is 3. The lowest BCUT2D eigenvalue weighted by atomic mass is 9.94. The van der Waals surface area contributed by atoms with Gasteiger partial charge in [0.2, 0.25) is 5.91 Å². The first kappa shape index (κ1) is 17.1. The summed E-state index contributed by atoms with van der Waals surface area (Å²) in [6.07, 6.45) is -1.56. The van der Waals surface area contributed by atoms with Gasteiger partial charge in [0.1, 0.15) is 12.4 Å². The van der Waals surface area contributed by atoms with Crippen molar-refractivity contribution in [3.63, 3.8) is 0 Å². The summed E-state index contributed by atoms with van der Waals surface area (Å²) < 4.78 is 48.0. The van der Waals surface area contributed by atoms with E-state index >= 15 is 0 Å². The minimum atomic E-state index is -4.35. The summed E-state index contributed by atoms with van der Waals surface area (Å²) in [5.74, 6) is 0.449. The van der Waals surface area contributed by atoms with Crippen LogP contribution in [0.4, 0.5) is 13.2 Å². The van der Waals surface area contributed by atoms with Crippen LogP contribution in [-0.4, -0.2) is 32.3 Å². The zero-order chi connectivity index (χ0) is 17.2. The molecule has 1 amide bonds. The Kier molecular flexibility index (Phi) is 4.71. The van der Waals surface area contributed by atoms with Gasteiger partial charge in [0.05, 0.1) is 12.1 Å². The number of alkyl halides is 3. The summed E-state index contributed by atoms with van der Waals surface area (Å²) in [6.45, 7) is 2.00. The van der Waals surface area contributed by atoms with E-state index in [9.17, 15) is 18.0 Å². The van der Waals surface area contributed by atoms with Crippen molar-refractivity contribution in [1.82, 2.24) is 5.32 Å². The lowest BCUT2D eigenvalue weighted by molar-refractivity contribution is -0.137. The van der Waals surface area contributed by atoms with Crippen LogP contribution in [0.15, 0.2) is 24.3 Å². The summed E-state index contributed by atoms with van der Waals surface area (Å²) in [5.41, 5.74) is -0.574. The highest BCUT2D eigenvalue weighted by Crippen LogP contribution is 2.59. The Morgan fingerprint density at radius 2 is 1.92 bits per heavy atom. The van der Waals surface area contributed by atoms with Crippen LogP contribution in [0.1, 0.15) is 24.8 Å². The van der Waals surface area contributed by atoms with Crippen molar-refractivity contribution in [2.24, 2.45) is 11.3 Å². The van der Waals surface area contributed by atoms with Crippen molar-refractivity contribution < 1.29 is 27.4 Å². The zero-order valence-electron chi connectivity index (χ0n) is 13.2. The molecule has 7 heteroatoms. The van der Waals surface area contributed by atoms with Crippen LogP contribution in [-0.2, 0) is 15.7 Å². The largest absolute Gasteiger partial charge is 0.492 e. The number of rotatable bonds is 5. The number of hydrogen-bond donors (Lipinski definition) is 1. The molecule has 0 aromatic heterocycles. The molecular formula is C17H20F3NO3. The van der Waals surface area contributed by atoms with E-state index in [4.69, 9.17) is 9.47 Å². The average molecular weight is 343 g/mol. The number of carbonyl (C=O) groups excluding carboxylic acids is 1. The van der Waals surface area contributed by atoms with Crippen LogP contribution in [0.2, 0.25) is 0 Å². The fourth-order valence-electron chi connectivity index (χ4n) is 3.26. The third-order valence-corrected chi connectivity index (χ3v) is 4.85. The van der Waals surface area contributed by atoms with Gasteiger partial charge in [-0.25, -0.2) is 0 Å². The van der Waals surface area contributed by atoms with E-state index in [0.29, 0.717) is 12.3 Å². The van der Waals surface area contributed by atoms with Gasteiger partial charge in [-0.15, -0.1) is 0 Å². The van der Waals surface area contributed by atoms with Gasteiger partial charge in [-0.05, 0) is 48.9 Å². The number of nitrogens with one attached hydrogen (secondary N) is 1. The second-order valence-corrected chi connectivity index (χ2v) is 6.39. The number of carbonyl (C=O) groups is 1. The van der Waals surface area contributed by atoms with Gasteiger partial charge < -0.3 is 14.8 Å². The van der Waals surface area contributed by atoms with Gasteiger partial charge in [0.25, 0.3) is 0 Å². The van der Waals surface area contributed by atoms with Gasteiger partial charge in [-0.1, -0.05) is 0 Å². The number of halogens is 3. The second-order valence-electron chi connectivity index (χ2n) is 6.39. The van der Waals surface area contributed by atoms with E-state index in [1.807, 2.05) is 0 Å². The van der Waals surface area contributed by atoms with Crippen molar-refractivity contribution in [1.29, 1.82) is 0 Å². The van der Waals surface area contributed by atoms with E-state index in [1.165, 1.54) is 12.1 Å². The number of amides is 1. The van der Waals surface area contributed by atoms with Crippen LogP contribution in [0.3, 0.4) is 0 Å². The molecule has 1 aliphatic heterocycles. The van der Waals surface area contributed by atoms with Crippen LogP contribution in [0, 0.1) is 11.3 Å². The first-order chi connectivity index (χ1) is 11.4. The highest BCUT2D eigenvalue weighted by molar-refractivity contribution is 5.82. The Morgan fingerprint density at radius 3 is 2.54 bits per heavy atom. The van der Waals surface area contributed by atoms with Crippen LogP contribution in [0.25, 0.3) is 0 Å². The third kappa shape index (κ3) is 3.83. The summed E-state index contributed by atoms with van der Waals surface area (Å²) in [4.78, 5) is 12.1. The Hall–Kier alpha value is -1.76. The summed E-state index contributed by atoms with van der Waals surface area (Å²) in [5, 5.41) is 2.84. The minimum absolute atomic E-state index is 0.0351. The fourth-order valence-corrected chi connectivity index (χ4v) is 3.26. The summed E-state index contributed by atoms with van der Waals surface area (Å²) >= 11 is 0. The molecule has 132 valence electrons. The van der Waals surface area contributed by atoms with Crippen molar-refractivity contribution in [2.45, 2.75) is 25.4 Å². The van der Waals surface area contributed by atoms with E-state index in [1.54, 1.807) is 0 Å². The molecule has 3 rings (SSSR count). The van der Waals surface area contributed by atoms with Gasteiger partial charge in [0, 0.05) is 19.1 Å². The van der Waals surface area contributed by atoms with E-state index in [0.717, 1.165) is 44.6 Å². The quantitative estimate of drug-likeness (QED) is 0.836. The Morgan fingerprint density at radius 1 is 1.25 bits per heavy atom. The van der Waals surface area contributed by atoms with Gasteiger partial charge in [-0.2, -0.15) is 13.2 Å². The van der Waals surface area contributed by atoms with Gasteiger partial charge in [0.15, 0.2) is 0 Å². The van der Waals surface area contributed by atoms with Crippen LogP contribution < -0.4 is 10.1 Å². The molecule has 0 radical (unpaired) electrons. The molecule has 1 heterocycles. The highest BCUT2D eigenvalue weighted by atomic mass is 19.4. The molecule has 4 nitrogen and oxygen atoms in total. The smallest absolute Gasteiger partial charge is 0.416 e. The van der Waals surface area contributed by atoms with E-state index in [-0.39, 0.29) is 23.8 Å². The summed E-state index contributed by atoms with van der Waals surface area (Å²) in [6, 6.07) is 4.52. The molecule has 1 aromatic carbocycles. The number of benzene rings is 1. The molecule has 1 aromatic rings. The average Bonchev–Trinajstić information content (AvgIpc) is 3.25. The fraction of sp³-hybridized carbons (Fsp3) is 0.588. The van der Waals surface area contributed by atoms with E-state index in [2.05, 4.69) is 5.32 Å². The van der Waals surface area contributed by atoms with Crippen molar-refractivity contribution in [2.75, 3.05) is 26.4 Å². The first-order valence-electron chi connectivity index (χ1n) is 8.06. The predicted octanol–water partition coefficient (Wildman–Crippen LogP) is 3.02. The van der Waals surface area contributed by atoms with Crippen molar-refractivity contribution in [3.8, 4) is 5.75 Å². The molecule has 2 aliphatic rings. The van der Waals surface area contributed by atoms with E-state index < -0.39 is 11.7 Å². The maximum Gasteiger partial charge on any atom is 0.416 e. The van der Waals surface area contributed by atoms with Crippen LogP contribution in [0.5, 0.6) is 5.75 Å². The molecule has 2 fully saturated rings. The summed E-state index contributed by atoms with van der Waals surface area (Å²) in [7, 11) is 0. The molecule has 1 saturated heterocycles. The molecule has 24 heavy (non-hydrogen) atoms. The molecule has 1 atom stereocenters. The second kappa shape index (κ2) is 6.63. The molecule has 1 N–H and O–H groups in total.